The zero-order valence-corrected chi connectivity index (χ0v) is 8.65. The van der Waals surface area contributed by atoms with Crippen molar-refractivity contribution in [2.75, 3.05) is 19.7 Å². The van der Waals surface area contributed by atoms with Gasteiger partial charge in [-0.1, -0.05) is 0 Å². The molecule has 1 aromatic heterocycles. The van der Waals surface area contributed by atoms with Crippen molar-refractivity contribution in [2.45, 2.75) is 12.7 Å². The highest BCUT2D eigenvalue weighted by molar-refractivity contribution is 4.78. The van der Waals surface area contributed by atoms with Crippen LogP contribution in [0.2, 0.25) is 0 Å². The van der Waals surface area contributed by atoms with Crippen molar-refractivity contribution >= 4 is 0 Å². The minimum atomic E-state index is -4.31. The average molecular weight is 239 g/mol. The number of aromatic nitrogens is 4. The van der Waals surface area contributed by atoms with E-state index in [4.69, 9.17) is 5.11 Å². The molecule has 0 saturated heterocycles. The van der Waals surface area contributed by atoms with E-state index in [0.717, 1.165) is 4.90 Å². The first-order valence-corrected chi connectivity index (χ1v) is 4.53. The van der Waals surface area contributed by atoms with E-state index in [1.54, 1.807) is 0 Å². The van der Waals surface area contributed by atoms with E-state index in [0.29, 0.717) is 0 Å². The van der Waals surface area contributed by atoms with Crippen LogP contribution in [0.3, 0.4) is 0 Å². The number of hydrogen-bond acceptors (Lipinski definition) is 5. The SMILES string of the molecule is Cn1nnc(CN(CCO)CC(F)(F)F)n1. The summed E-state index contributed by atoms with van der Waals surface area (Å²) < 4.78 is 36.5. The predicted molar refractivity (Wildman–Crippen MR) is 47.2 cm³/mol. The number of hydrogen-bond donors (Lipinski definition) is 1. The molecule has 0 atom stereocenters. The summed E-state index contributed by atoms with van der Waals surface area (Å²) in [6.45, 7) is -1.63. The molecule has 1 heterocycles. The molecule has 0 amide bonds. The lowest BCUT2D eigenvalue weighted by Gasteiger charge is -2.20. The number of alkyl halides is 3. The highest BCUT2D eigenvalue weighted by Crippen LogP contribution is 2.16. The summed E-state index contributed by atoms with van der Waals surface area (Å²) in [6, 6.07) is 0. The van der Waals surface area contributed by atoms with Gasteiger partial charge in [-0.05, 0) is 5.21 Å². The summed E-state index contributed by atoms with van der Waals surface area (Å²) in [4.78, 5) is 2.18. The molecule has 0 spiro atoms. The van der Waals surface area contributed by atoms with Crippen LogP contribution in [0.15, 0.2) is 0 Å². The van der Waals surface area contributed by atoms with E-state index < -0.39 is 12.7 Å². The van der Waals surface area contributed by atoms with Gasteiger partial charge in [-0.2, -0.15) is 18.0 Å². The second-order valence-electron chi connectivity index (χ2n) is 3.24. The Hall–Kier alpha value is -1.22. The van der Waals surface area contributed by atoms with Crippen molar-refractivity contribution in [3.8, 4) is 0 Å². The molecular formula is C7H12F3N5O. The summed E-state index contributed by atoms with van der Waals surface area (Å²) in [5.41, 5.74) is 0. The zero-order valence-electron chi connectivity index (χ0n) is 8.65. The summed E-state index contributed by atoms with van der Waals surface area (Å²) in [5.74, 6) is 0.195. The van der Waals surface area contributed by atoms with Crippen LogP contribution in [0.5, 0.6) is 0 Å². The fourth-order valence-electron chi connectivity index (χ4n) is 1.20. The smallest absolute Gasteiger partial charge is 0.395 e. The van der Waals surface area contributed by atoms with Crippen molar-refractivity contribution in [1.29, 1.82) is 0 Å². The van der Waals surface area contributed by atoms with E-state index in [2.05, 4.69) is 15.4 Å². The first-order chi connectivity index (χ1) is 7.40. The number of aryl methyl sites for hydroxylation is 1. The van der Waals surface area contributed by atoms with Crippen LogP contribution < -0.4 is 0 Å². The third-order valence-electron chi connectivity index (χ3n) is 1.73. The largest absolute Gasteiger partial charge is 0.401 e. The molecule has 0 saturated carbocycles. The predicted octanol–water partition coefficient (Wildman–Crippen LogP) is -0.433. The van der Waals surface area contributed by atoms with Crippen LogP contribution in [0.1, 0.15) is 5.82 Å². The number of rotatable bonds is 5. The minimum Gasteiger partial charge on any atom is -0.395 e. The Morgan fingerprint density at radius 2 is 2.12 bits per heavy atom. The fourth-order valence-corrected chi connectivity index (χ4v) is 1.20. The number of nitrogens with zero attached hydrogens (tertiary/aromatic N) is 5. The lowest BCUT2D eigenvalue weighted by molar-refractivity contribution is -0.148. The summed E-state index contributed by atoms with van der Waals surface area (Å²) in [7, 11) is 1.52. The Balaban J connectivity index is 2.57. The molecule has 0 aliphatic heterocycles. The Kier molecular flexibility index (Phi) is 4.19. The van der Waals surface area contributed by atoms with Crippen molar-refractivity contribution in [3.05, 3.63) is 5.82 Å². The first kappa shape index (κ1) is 12.8. The Bertz CT molecular complexity index is 326. The zero-order chi connectivity index (χ0) is 12.2. The molecule has 16 heavy (non-hydrogen) atoms. The monoisotopic (exact) mass is 239 g/mol. The third-order valence-corrected chi connectivity index (χ3v) is 1.73. The second-order valence-corrected chi connectivity index (χ2v) is 3.24. The van der Waals surface area contributed by atoms with Gasteiger partial charge in [0, 0.05) is 6.54 Å². The molecular weight excluding hydrogens is 227 g/mol. The lowest BCUT2D eigenvalue weighted by Crippen LogP contribution is -2.36. The maximum Gasteiger partial charge on any atom is 0.401 e. The van der Waals surface area contributed by atoms with Crippen molar-refractivity contribution in [2.24, 2.45) is 7.05 Å². The van der Waals surface area contributed by atoms with E-state index in [-0.39, 0.29) is 25.5 Å². The molecule has 9 heteroatoms. The normalized spacial score (nSPS) is 12.4. The standard InChI is InChI=1S/C7H12F3N5O/c1-14-12-6(11-13-14)4-15(2-3-16)5-7(8,9)10/h16H,2-5H2,1H3. The average Bonchev–Trinajstić information content (AvgIpc) is 2.48. The molecule has 1 N–H and O–H groups in total. The van der Waals surface area contributed by atoms with Gasteiger partial charge in [-0.25, -0.2) is 0 Å². The van der Waals surface area contributed by atoms with Crippen molar-refractivity contribution in [1.82, 2.24) is 25.1 Å². The van der Waals surface area contributed by atoms with Crippen LogP contribution in [0, 0.1) is 0 Å². The number of aliphatic hydroxyl groups is 1. The summed E-state index contributed by atoms with van der Waals surface area (Å²) >= 11 is 0. The summed E-state index contributed by atoms with van der Waals surface area (Å²) in [6.07, 6.45) is -4.31. The van der Waals surface area contributed by atoms with E-state index >= 15 is 0 Å². The quantitative estimate of drug-likeness (QED) is 0.755. The summed E-state index contributed by atoms with van der Waals surface area (Å²) in [5, 5.41) is 19.5. The van der Waals surface area contributed by atoms with Crippen LogP contribution in [-0.2, 0) is 13.6 Å². The van der Waals surface area contributed by atoms with Gasteiger partial charge in [0.25, 0.3) is 0 Å². The third kappa shape index (κ3) is 4.53. The molecule has 92 valence electrons. The number of aliphatic hydroxyl groups excluding tert-OH is 1. The van der Waals surface area contributed by atoms with E-state index in [9.17, 15) is 13.2 Å². The van der Waals surface area contributed by atoms with Gasteiger partial charge < -0.3 is 5.11 Å². The maximum atomic E-state index is 12.2. The van der Waals surface area contributed by atoms with E-state index in [1.165, 1.54) is 11.8 Å². The van der Waals surface area contributed by atoms with Crippen LogP contribution in [-0.4, -0.2) is 56.1 Å². The van der Waals surface area contributed by atoms with Crippen LogP contribution in [0.4, 0.5) is 13.2 Å². The first-order valence-electron chi connectivity index (χ1n) is 4.53. The maximum absolute atomic E-state index is 12.2. The van der Waals surface area contributed by atoms with Gasteiger partial charge in [0.15, 0.2) is 5.82 Å². The molecule has 0 radical (unpaired) electrons. The van der Waals surface area contributed by atoms with Gasteiger partial charge in [0.05, 0.1) is 26.7 Å². The van der Waals surface area contributed by atoms with Crippen LogP contribution in [0.25, 0.3) is 0 Å². The van der Waals surface area contributed by atoms with Gasteiger partial charge in [0.2, 0.25) is 0 Å². The Morgan fingerprint density at radius 1 is 1.44 bits per heavy atom. The van der Waals surface area contributed by atoms with Crippen LogP contribution >= 0.6 is 0 Å². The fraction of sp³-hybridized carbons (Fsp3) is 0.857. The topological polar surface area (TPSA) is 67.1 Å². The van der Waals surface area contributed by atoms with Gasteiger partial charge in [0.1, 0.15) is 0 Å². The van der Waals surface area contributed by atoms with Gasteiger partial charge in [-0.15, -0.1) is 10.2 Å². The molecule has 0 fully saturated rings. The molecule has 0 unspecified atom stereocenters. The van der Waals surface area contributed by atoms with Gasteiger partial charge >= 0.3 is 6.18 Å². The lowest BCUT2D eigenvalue weighted by atomic mass is 10.4. The number of tetrazole rings is 1. The highest BCUT2D eigenvalue weighted by atomic mass is 19.4. The van der Waals surface area contributed by atoms with E-state index in [1.807, 2.05) is 0 Å². The molecule has 1 rings (SSSR count). The Labute approximate surface area is 89.7 Å². The van der Waals surface area contributed by atoms with Crippen molar-refractivity contribution in [3.63, 3.8) is 0 Å². The minimum absolute atomic E-state index is 0.0856. The van der Waals surface area contributed by atoms with Crippen molar-refractivity contribution < 1.29 is 18.3 Å². The highest BCUT2D eigenvalue weighted by Gasteiger charge is 2.30. The molecule has 6 nitrogen and oxygen atoms in total. The molecule has 0 aliphatic carbocycles. The molecule has 0 bridgehead atoms. The Morgan fingerprint density at radius 3 is 2.56 bits per heavy atom. The number of halogens is 3. The molecule has 0 aliphatic rings. The molecule has 0 aromatic carbocycles. The van der Waals surface area contributed by atoms with Gasteiger partial charge in [-0.3, -0.25) is 4.90 Å². The molecule has 1 aromatic rings. The second kappa shape index (κ2) is 5.21.